The van der Waals surface area contributed by atoms with Crippen molar-refractivity contribution >= 4 is 5.97 Å². The van der Waals surface area contributed by atoms with Gasteiger partial charge >= 0.3 is 5.97 Å². The van der Waals surface area contributed by atoms with Crippen molar-refractivity contribution in [2.24, 2.45) is 5.92 Å². The van der Waals surface area contributed by atoms with E-state index in [1.165, 1.54) is 0 Å². The molecule has 0 saturated carbocycles. The van der Waals surface area contributed by atoms with Gasteiger partial charge in [0.2, 0.25) is 0 Å². The molecule has 0 spiro atoms. The summed E-state index contributed by atoms with van der Waals surface area (Å²) in [7, 11) is 0. The Balaban J connectivity index is 2.74. The van der Waals surface area contributed by atoms with E-state index in [0.29, 0.717) is 0 Å². The van der Waals surface area contributed by atoms with Crippen molar-refractivity contribution in [2.45, 2.75) is 38.9 Å². The third-order valence-electron chi connectivity index (χ3n) is 1.98. The van der Waals surface area contributed by atoms with Crippen LogP contribution in [0.3, 0.4) is 0 Å². The maximum Gasteiger partial charge on any atom is 0.309 e. The van der Waals surface area contributed by atoms with Gasteiger partial charge < -0.3 is 9.84 Å². The molecule has 0 unspecified atom stereocenters. The fourth-order valence-corrected chi connectivity index (χ4v) is 1.56. The van der Waals surface area contributed by atoms with Crippen LogP contribution in [0.25, 0.3) is 0 Å². The zero-order valence-electron chi connectivity index (χ0n) is 7.13. The zero-order valence-corrected chi connectivity index (χ0v) is 7.13. The van der Waals surface area contributed by atoms with Crippen molar-refractivity contribution in [2.75, 3.05) is 0 Å². The number of hydrogen-bond acceptors (Lipinski definition) is 3. The second kappa shape index (κ2) is 2.48. The summed E-state index contributed by atoms with van der Waals surface area (Å²) in [5.41, 5.74) is -0.967. The Hall–Kier alpha value is -0.570. The van der Waals surface area contributed by atoms with Crippen LogP contribution in [0.15, 0.2) is 0 Å². The minimum absolute atomic E-state index is 0.121. The Morgan fingerprint density at radius 2 is 2.27 bits per heavy atom. The van der Waals surface area contributed by atoms with Crippen LogP contribution in [0.4, 0.5) is 0 Å². The quantitative estimate of drug-likeness (QED) is 0.572. The number of esters is 1. The van der Waals surface area contributed by atoms with Crippen LogP contribution in [0.5, 0.6) is 0 Å². The third kappa shape index (κ3) is 1.53. The Morgan fingerprint density at radius 3 is 2.45 bits per heavy atom. The summed E-state index contributed by atoms with van der Waals surface area (Å²) in [6.07, 6.45) is -0.217. The van der Waals surface area contributed by atoms with Crippen LogP contribution in [0, 0.1) is 5.92 Å². The van der Waals surface area contributed by atoms with E-state index in [4.69, 9.17) is 4.74 Å². The Morgan fingerprint density at radius 1 is 1.73 bits per heavy atom. The second-order valence-corrected chi connectivity index (χ2v) is 3.69. The first-order valence-electron chi connectivity index (χ1n) is 3.85. The van der Waals surface area contributed by atoms with Gasteiger partial charge in [0.15, 0.2) is 0 Å². The smallest absolute Gasteiger partial charge is 0.309 e. The fourth-order valence-electron chi connectivity index (χ4n) is 1.56. The molecule has 1 N–H and O–H groups in total. The molecule has 3 heteroatoms. The molecule has 1 fully saturated rings. The highest BCUT2D eigenvalue weighted by atomic mass is 16.6. The lowest BCUT2D eigenvalue weighted by atomic mass is 9.90. The van der Waals surface area contributed by atoms with E-state index < -0.39 is 5.60 Å². The number of hydrogen-bond donors (Lipinski definition) is 1. The number of carbonyl (C=O) groups is 1. The van der Waals surface area contributed by atoms with E-state index >= 15 is 0 Å². The molecule has 0 bridgehead atoms. The number of rotatable bonds is 1. The lowest BCUT2D eigenvalue weighted by molar-refractivity contribution is -0.144. The van der Waals surface area contributed by atoms with E-state index in [1.54, 1.807) is 6.92 Å². The van der Waals surface area contributed by atoms with Gasteiger partial charge in [0, 0.05) is 0 Å². The number of aliphatic hydroxyl groups is 1. The molecule has 0 aliphatic carbocycles. The minimum Gasteiger partial charge on any atom is -0.459 e. The maximum atomic E-state index is 10.8. The van der Waals surface area contributed by atoms with Crippen molar-refractivity contribution in [1.29, 1.82) is 0 Å². The molecular weight excluding hydrogens is 144 g/mol. The number of cyclic esters (lactones) is 1. The van der Waals surface area contributed by atoms with E-state index in [2.05, 4.69) is 0 Å². The van der Waals surface area contributed by atoms with Gasteiger partial charge in [-0.05, 0) is 12.8 Å². The minimum atomic E-state index is -0.967. The molecule has 1 rings (SSSR count). The van der Waals surface area contributed by atoms with Crippen molar-refractivity contribution in [1.82, 2.24) is 0 Å². The second-order valence-electron chi connectivity index (χ2n) is 3.69. The SMILES string of the molecule is CC(C)[C@@H]1OC(=O)C[C@]1(C)O. The monoisotopic (exact) mass is 158 g/mol. The van der Waals surface area contributed by atoms with Gasteiger partial charge in [0.1, 0.15) is 11.7 Å². The standard InChI is InChI=1S/C8H14O3/c1-5(2)7-8(3,10)4-6(9)11-7/h5,7,10H,4H2,1-3H3/t7-,8-/m0/s1. The van der Waals surface area contributed by atoms with Gasteiger partial charge in [-0.25, -0.2) is 0 Å². The van der Waals surface area contributed by atoms with Gasteiger partial charge in [0.05, 0.1) is 6.42 Å². The van der Waals surface area contributed by atoms with Crippen LogP contribution in [0.1, 0.15) is 27.2 Å². The van der Waals surface area contributed by atoms with Crippen LogP contribution in [0.2, 0.25) is 0 Å². The molecule has 64 valence electrons. The Labute approximate surface area is 66.4 Å². The molecule has 1 saturated heterocycles. The van der Waals surface area contributed by atoms with Crippen LogP contribution >= 0.6 is 0 Å². The van der Waals surface area contributed by atoms with E-state index in [0.717, 1.165) is 0 Å². The topological polar surface area (TPSA) is 46.5 Å². The predicted molar refractivity (Wildman–Crippen MR) is 40.0 cm³/mol. The molecule has 0 amide bonds. The normalized spacial score (nSPS) is 37.9. The summed E-state index contributed by atoms with van der Waals surface area (Å²) < 4.78 is 4.95. The summed E-state index contributed by atoms with van der Waals surface area (Å²) in [5, 5.41) is 9.65. The fraction of sp³-hybridized carbons (Fsp3) is 0.875. The van der Waals surface area contributed by atoms with E-state index in [-0.39, 0.29) is 24.4 Å². The first-order valence-corrected chi connectivity index (χ1v) is 3.85. The molecule has 1 aliphatic rings. The van der Waals surface area contributed by atoms with Gasteiger partial charge in [-0.15, -0.1) is 0 Å². The average Bonchev–Trinajstić information content (AvgIpc) is 2.04. The first-order chi connectivity index (χ1) is 4.93. The molecule has 3 nitrogen and oxygen atoms in total. The summed E-state index contributed by atoms with van der Waals surface area (Å²) in [6.45, 7) is 5.50. The van der Waals surface area contributed by atoms with Gasteiger partial charge in [-0.2, -0.15) is 0 Å². The maximum absolute atomic E-state index is 10.8. The summed E-state index contributed by atoms with van der Waals surface area (Å²) >= 11 is 0. The van der Waals surface area contributed by atoms with Gasteiger partial charge in [-0.3, -0.25) is 4.79 Å². The molecule has 0 aromatic heterocycles. The molecular formula is C8H14O3. The Bertz CT molecular complexity index is 172. The third-order valence-corrected chi connectivity index (χ3v) is 1.98. The first kappa shape index (κ1) is 8.53. The molecule has 11 heavy (non-hydrogen) atoms. The highest BCUT2D eigenvalue weighted by Gasteiger charge is 2.45. The highest BCUT2D eigenvalue weighted by molar-refractivity contribution is 5.73. The summed E-state index contributed by atoms with van der Waals surface area (Å²) in [5.74, 6) is -0.120. The molecule has 0 aromatic carbocycles. The zero-order chi connectivity index (χ0) is 8.65. The summed E-state index contributed by atoms with van der Waals surface area (Å²) in [6, 6.07) is 0. The van der Waals surface area contributed by atoms with Gasteiger partial charge in [0.25, 0.3) is 0 Å². The number of carbonyl (C=O) groups excluding carboxylic acids is 1. The molecule has 0 radical (unpaired) electrons. The van der Waals surface area contributed by atoms with Gasteiger partial charge in [-0.1, -0.05) is 13.8 Å². The van der Waals surface area contributed by atoms with Crippen molar-refractivity contribution in [3.63, 3.8) is 0 Å². The number of ether oxygens (including phenoxy) is 1. The van der Waals surface area contributed by atoms with Crippen molar-refractivity contribution < 1.29 is 14.6 Å². The lowest BCUT2D eigenvalue weighted by Crippen LogP contribution is -2.38. The van der Waals surface area contributed by atoms with Crippen molar-refractivity contribution in [3.8, 4) is 0 Å². The van der Waals surface area contributed by atoms with Crippen LogP contribution in [-0.2, 0) is 9.53 Å². The molecule has 2 atom stereocenters. The highest BCUT2D eigenvalue weighted by Crippen LogP contribution is 2.30. The predicted octanol–water partition coefficient (Wildman–Crippen LogP) is 0.709. The average molecular weight is 158 g/mol. The molecule has 1 aliphatic heterocycles. The van der Waals surface area contributed by atoms with Crippen molar-refractivity contribution in [3.05, 3.63) is 0 Å². The Kier molecular flexibility index (Phi) is 1.92. The largest absolute Gasteiger partial charge is 0.459 e. The van der Waals surface area contributed by atoms with Crippen LogP contribution in [-0.4, -0.2) is 22.8 Å². The lowest BCUT2D eigenvalue weighted by Gasteiger charge is -2.25. The van der Waals surface area contributed by atoms with E-state index in [9.17, 15) is 9.90 Å². The summed E-state index contributed by atoms with van der Waals surface area (Å²) in [4.78, 5) is 10.8. The van der Waals surface area contributed by atoms with Crippen LogP contribution < -0.4 is 0 Å². The molecule has 1 heterocycles. The molecule has 0 aromatic rings. The van der Waals surface area contributed by atoms with E-state index in [1.807, 2.05) is 13.8 Å².